The van der Waals surface area contributed by atoms with Crippen molar-refractivity contribution in [2.24, 2.45) is 0 Å². The van der Waals surface area contributed by atoms with E-state index in [0.29, 0.717) is 22.7 Å². The van der Waals surface area contributed by atoms with Gasteiger partial charge in [-0.05, 0) is 38.5 Å². The molecular weight excluding hydrogens is 352 g/mol. The Kier molecular flexibility index (Phi) is 6.59. The zero-order valence-electron chi connectivity index (χ0n) is 15.7. The normalized spacial score (nSPS) is 10.2. The fourth-order valence-corrected chi connectivity index (χ4v) is 2.56. The summed E-state index contributed by atoms with van der Waals surface area (Å²) in [5, 5.41) is 2.61. The van der Waals surface area contributed by atoms with Crippen LogP contribution in [-0.2, 0) is 14.3 Å². The summed E-state index contributed by atoms with van der Waals surface area (Å²) in [6.45, 7) is 4.71. The molecule has 0 fully saturated rings. The highest BCUT2D eigenvalue weighted by Gasteiger charge is 2.24. The van der Waals surface area contributed by atoms with E-state index >= 15 is 0 Å². The summed E-state index contributed by atoms with van der Waals surface area (Å²) in [6, 6.07) is 6.80. The number of methoxy groups -OCH3 is 1. The maximum Gasteiger partial charge on any atom is 0.355 e. The van der Waals surface area contributed by atoms with Gasteiger partial charge < -0.3 is 24.5 Å². The number of ether oxygens (including phenoxy) is 3. The number of carbonyl (C=O) groups excluding carboxylic acids is 3. The number of rotatable bonds is 7. The molecule has 8 nitrogen and oxygen atoms in total. The van der Waals surface area contributed by atoms with Crippen LogP contribution in [0.5, 0.6) is 5.75 Å². The summed E-state index contributed by atoms with van der Waals surface area (Å²) in [7, 11) is 1.52. The molecular formula is C19H22N2O6. The number of aryl methyl sites for hydroxylation is 1. The van der Waals surface area contributed by atoms with Crippen LogP contribution in [0, 0.1) is 13.8 Å². The van der Waals surface area contributed by atoms with Crippen LogP contribution in [0.2, 0.25) is 0 Å². The molecule has 0 bridgehead atoms. The van der Waals surface area contributed by atoms with E-state index in [1.54, 1.807) is 45.0 Å². The van der Waals surface area contributed by atoms with Gasteiger partial charge in [0.1, 0.15) is 11.4 Å². The molecule has 0 aliphatic carbocycles. The number of anilines is 1. The van der Waals surface area contributed by atoms with Gasteiger partial charge >= 0.3 is 11.9 Å². The van der Waals surface area contributed by atoms with Crippen molar-refractivity contribution in [1.29, 1.82) is 0 Å². The van der Waals surface area contributed by atoms with Gasteiger partial charge in [-0.15, -0.1) is 0 Å². The molecule has 1 aromatic carbocycles. The number of aromatic nitrogens is 1. The summed E-state index contributed by atoms with van der Waals surface area (Å²) < 4.78 is 15.1. The van der Waals surface area contributed by atoms with Crippen molar-refractivity contribution in [3.8, 4) is 5.75 Å². The first kappa shape index (κ1) is 20.0. The first-order valence-corrected chi connectivity index (χ1v) is 8.34. The van der Waals surface area contributed by atoms with Crippen LogP contribution in [-0.4, -0.2) is 43.2 Å². The first-order chi connectivity index (χ1) is 12.9. The minimum atomic E-state index is -0.697. The zero-order chi connectivity index (χ0) is 20.0. The molecule has 0 unspecified atom stereocenters. The van der Waals surface area contributed by atoms with E-state index in [0.717, 1.165) is 0 Å². The van der Waals surface area contributed by atoms with Gasteiger partial charge in [0.2, 0.25) is 0 Å². The maximum atomic E-state index is 12.3. The summed E-state index contributed by atoms with van der Waals surface area (Å²) in [6.07, 6.45) is 0. The lowest BCUT2D eigenvalue weighted by molar-refractivity contribution is -0.119. The molecule has 8 heteroatoms. The first-order valence-electron chi connectivity index (χ1n) is 8.34. The molecule has 27 heavy (non-hydrogen) atoms. The molecule has 2 N–H and O–H groups in total. The van der Waals surface area contributed by atoms with Crippen LogP contribution >= 0.6 is 0 Å². The number of hydrogen-bond acceptors (Lipinski definition) is 6. The third kappa shape index (κ3) is 4.87. The number of carbonyl (C=O) groups is 3. The summed E-state index contributed by atoms with van der Waals surface area (Å²) in [5.74, 6) is -1.14. The van der Waals surface area contributed by atoms with Crippen LogP contribution in [0.3, 0.4) is 0 Å². The highest BCUT2D eigenvalue weighted by molar-refractivity contribution is 6.00. The number of aromatic amines is 1. The van der Waals surface area contributed by atoms with Gasteiger partial charge in [-0.1, -0.05) is 6.07 Å². The molecule has 0 saturated heterocycles. The number of H-pyrrole nitrogens is 1. The summed E-state index contributed by atoms with van der Waals surface area (Å²) >= 11 is 0. The topological polar surface area (TPSA) is 107 Å². The Bertz CT molecular complexity index is 856. The lowest BCUT2D eigenvalue weighted by atomic mass is 10.1. The lowest BCUT2D eigenvalue weighted by Crippen LogP contribution is -2.21. The highest BCUT2D eigenvalue weighted by Crippen LogP contribution is 2.20. The second kappa shape index (κ2) is 8.88. The lowest BCUT2D eigenvalue weighted by Gasteiger charge is -2.08. The van der Waals surface area contributed by atoms with Gasteiger partial charge in [0, 0.05) is 17.4 Å². The third-order valence-electron chi connectivity index (χ3n) is 3.81. The van der Waals surface area contributed by atoms with Gasteiger partial charge in [-0.3, -0.25) is 4.79 Å². The van der Waals surface area contributed by atoms with E-state index in [-0.39, 0.29) is 17.9 Å². The molecule has 0 aliphatic rings. The Morgan fingerprint density at radius 3 is 2.52 bits per heavy atom. The average Bonchev–Trinajstić information content (AvgIpc) is 2.94. The molecule has 1 heterocycles. The van der Waals surface area contributed by atoms with E-state index < -0.39 is 24.5 Å². The van der Waals surface area contributed by atoms with E-state index in [1.165, 1.54) is 7.11 Å². The van der Waals surface area contributed by atoms with Crippen LogP contribution < -0.4 is 10.1 Å². The molecule has 0 radical (unpaired) electrons. The monoisotopic (exact) mass is 374 g/mol. The van der Waals surface area contributed by atoms with E-state index in [9.17, 15) is 14.4 Å². The Morgan fingerprint density at radius 2 is 1.85 bits per heavy atom. The number of benzene rings is 1. The maximum absolute atomic E-state index is 12.3. The molecule has 0 aliphatic heterocycles. The molecule has 2 aromatic rings. The van der Waals surface area contributed by atoms with Crippen molar-refractivity contribution in [2.75, 3.05) is 25.6 Å². The second-order valence-corrected chi connectivity index (χ2v) is 5.70. The summed E-state index contributed by atoms with van der Waals surface area (Å²) in [5.41, 5.74) is 1.82. The van der Waals surface area contributed by atoms with Crippen LogP contribution in [0.4, 0.5) is 5.69 Å². The number of amides is 1. The van der Waals surface area contributed by atoms with E-state index in [4.69, 9.17) is 14.2 Å². The van der Waals surface area contributed by atoms with Crippen molar-refractivity contribution in [2.45, 2.75) is 20.8 Å². The van der Waals surface area contributed by atoms with Crippen LogP contribution in [0.25, 0.3) is 0 Å². The van der Waals surface area contributed by atoms with Crippen LogP contribution in [0.1, 0.15) is 39.0 Å². The smallest absolute Gasteiger partial charge is 0.355 e. The molecule has 144 valence electrons. The van der Waals surface area contributed by atoms with E-state index in [1.807, 2.05) is 0 Å². The minimum absolute atomic E-state index is 0.196. The Morgan fingerprint density at radius 1 is 1.11 bits per heavy atom. The fourth-order valence-electron chi connectivity index (χ4n) is 2.56. The Labute approximate surface area is 156 Å². The molecule has 1 aromatic heterocycles. The quantitative estimate of drug-likeness (QED) is 0.722. The van der Waals surface area contributed by atoms with E-state index in [2.05, 4.69) is 10.3 Å². The molecule has 1 amide bonds. The molecule has 0 atom stereocenters. The van der Waals surface area contributed by atoms with Crippen molar-refractivity contribution < 1.29 is 28.6 Å². The highest BCUT2D eigenvalue weighted by atomic mass is 16.5. The van der Waals surface area contributed by atoms with Crippen molar-refractivity contribution in [3.63, 3.8) is 0 Å². The number of hydrogen-bond donors (Lipinski definition) is 2. The number of esters is 2. The fraction of sp³-hybridized carbons (Fsp3) is 0.316. The molecule has 0 saturated carbocycles. The third-order valence-corrected chi connectivity index (χ3v) is 3.81. The molecule has 2 rings (SSSR count). The average molecular weight is 374 g/mol. The minimum Gasteiger partial charge on any atom is -0.497 e. The SMILES string of the molecule is CCOC(=O)c1[nH]c(C)c(C(=O)OCC(=O)Nc2cccc(OC)c2)c1C. The second-order valence-electron chi connectivity index (χ2n) is 5.70. The Hall–Kier alpha value is -3.29. The van der Waals surface area contributed by atoms with Gasteiger partial charge in [-0.2, -0.15) is 0 Å². The zero-order valence-corrected chi connectivity index (χ0v) is 15.7. The van der Waals surface area contributed by atoms with Crippen molar-refractivity contribution >= 4 is 23.5 Å². The number of nitrogens with one attached hydrogen (secondary N) is 2. The van der Waals surface area contributed by atoms with Gasteiger partial charge in [-0.25, -0.2) is 9.59 Å². The van der Waals surface area contributed by atoms with Gasteiger partial charge in [0.05, 0.1) is 19.3 Å². The Balaban J connectivity index is 2.01. The van der Waals surface area contributed by atoms with Crippen molar-refractivity contribution in [3.05, 3.63) is 46.8 Å². The standard InChI is InChI=1S/C19H22N2O6/c1-5-26-19(24)17-11(2)16(12(3)20-17)18(23)27-10-15(22)21-13-7-6-8-14(9-13)25-4/h6-9,20H,5,10H2,1-4H3,(H,21,22). The summed E-state index contributed by atoms with van der Waals surface area (Å²) in [4.78, 5) is 39.1. The van der Waals surface area contributed by atoms with Crippen molar-refractivity contribution in [1.82, 2.24) is 4.98 Å². The predicted molar refractivity (Wildman–Crippen MR) is 98.1 cm³/mol. The van der Waals surface area contributed by atoms with Crippen LogP contribution in [0.15, 0.2) is 24.3 Å². The van der Waals surface area contributed by atoms with Gasteiger partial charge in [0.15, 0.2) is 6.61 Å². The molecule has 0 spiro atoms. The largest absolute Gasteiger partial charge is 0.497 e. The predicted octanol–water partition coefficient (Wildman–Crippen LogP) is 2.61. The van der Waals surface area contributed by atoms with Gasteiger partial charge in [0.25, 0.3) is 5.91 Å².